The molecular formula is C20H24N3O3S+. The summed E-state index contributed by atoms with van der Waals surface area (Å²) in [7, 11) is 0. The van der Waals surface area contributed by atoms with E-state index in [-0.39, 0.29) is 5.91 Å². The molecule has 2 aromatic heterocycles. The van der Waals surface area contributed by atoms with Crippen LogP contribution < -0.4 is 9.80 Å². The molecule has 142 valence electrons. The number of carbonyl (C=O) groups is 1. The number of aryl methyl sites for hydroxylation is 2. The molecule has 0 spiro atoms. The number of hydrogen-bond donors (Lipinski definition) is 1. The van der Waals surface area contributed by atoms with Gasteiger partial charge in [0.1, 0.15) is 13.1 Å². The van der Waals surface area contributed by atoms with Gasteiger partial charge < -0.3 is 14.1 Å². The summed E-state index contributed by atoms with van der Waals surface area (Å²) in [6.45, 7) is 9.13. The minimum atomic E-state index is -0.138. The second-order valence-electron chi connectivity index (χ2n) is 6.97. The first kappa shape index (κ1) is 18.2. The van der Waals surface area contributed by atoms with Gasteiger partial charge in [0.25, 0.3) is 5.91 Å². The summed E-state index contributed by atoms with van der Waals surface area (Å²) in [4.78, 5) is 21.1. The van der Waals surface area contributed by atoms with Crippen LogP contribution in [0.1, 0.15) is 21.7 Å². The SMILES string of the molecule is Cc1cc(C)c2sc(N(CC[NH+]3CCOCC3)C(=O)c3ccco3)nc2c1. The minimum absolute atomic E-state index is 0.138. The lowest BCUT2D eigenvalue weighted by Gasteiger charge is -2.26. The van der Waals surface area contributed by atoms with Gasteiger partial charge >= 0.3 is 0 Å². The quantitative estimate of drug-likeness (QED) is 0.729. The molecule has 1 fully saturated rings. The van der Waals surface area contributed by atoms with E-state index in [4.69, 9.17) is 14.1 Å². The highest BCUT2D eigenvalue weighted by Gasteiger charge is 2.25. The van der Waals surface area contributed by atoms with Crippen molar-refractivity contribution >= 4 is 32.6 Å². The normalized spacial score (nSPS) is 15.3. The first-order chi connectivity index (χ1) is 13.1. The Bertz CT molecular complexity index is 930. The molecule has 1 aromatic carbocycles. The van der Waals surface area contributed by atoms with Crippen LogP contribution in [-0.2, 0) is 4.74 Å². The standard InChI is InChI=1S/C20H23N3O3S/c1-14-12-15(2)18-16(13-14)21-20(27-18)23(19(24)17-4-3-9-26-17)6-5-22-7-10-25-11-8-22/h3-4,9,12-13H,5-8,10-11H2,1-2H3/p+1. The number of quaternary nitrogens is 1. The van der Waals surface area contributed by atoms with E-state index in [1.807, 2.05) is 0 Å². The maximum Gasteiger partial charge on any atom is 0.295 e. The lowest BCUT2D eigenvalue weighted by atomic mass is 10.1. The number of carbonyl (C=O) groups excluding carboxylic acids is 1. The number of anilines is 1. The van der Waals surface area contributed by atoms with Crippen molar-refractivity contribution < 1.29 is 18.8 Å². The van der Waals surface area contributed by atoms with E-state index in [1.165, 1.54) is 22.3 Å². The van der Waals surface area contributed by atoms with E-state index >= 15 is 0 Å². The number of amides is 1. The van der Waals surface area contributed by atoms with Crippen molar-refractivity contribution in [1.82, 2.24) is 4.98 Å². The monoisotopic (exact) mass is 386 g/mol. The lowest BCUT2D eigenvalue weighted by Crippen LogP contribution is -3.14. The minimum Gasteiger partial charge on any atom is -0.459 e. The second-order valence-corrected chi connectivity index (χ2v) is 7.95. The van der Waals surface area contributed by atoms with Crippen LogP contribution in [-0.4, -0.2) is 50.3 Å². The summed E-state index contributed by atoms with van der Waals surface area (Å²) >= 11 is 1.57. The van der Waals surface area contributed by atoms with Gasteiger partial charge in [-0.1, -0.05) is 17.4 Å². The van der Waals surface area contributed by atoms with Gasteiger partial charge in [0.15, 0.2) is 10.9 Å². The van der Waals surface area contributed by atoms with Gasteiger partial charge in [-0.15, -0.1) is 0 Å². The van der Waals surface area contributed by atoms with Gasteiger partial charge in [-0.05, 0) is 43.2 Å². The van der Waals surface area contributed by atoms with Crippen molar-refractivity contribution in [3.8, 4) is 0 Å². The fourth-order valence-electron chi connectivity index (χ4n) is 3.48. The highest BCUT2D eigenvalue weighted by molar-refractivity contribution is 7.22. The van der Waals surface area contributed by atoms with Crippen LogP contribution in [0.2, 0.25) is 0 Å². The number of aromatic nitrogens is 1. The molecule has 6 nitrogen and oxygen atoms in total. The number of thiazole rings is 1. The van der Waals surface area contributed by atoms with Crippen molar-refractivity contribution in [2.24, 2.45) is 0 Å². The Morgan fingerprint density at radius 3 is 2.85 bits per heavy atom. The molecule has 27 heavy (non-hydrogen) atoms. The number of nitrogens with one attached hydrogen (secondary N) is 1. The van der Waals surface area contributed by atoms with Gasteiger partial charge in [0.2, 0.25) is 0 Å². The summed E-state index contributed by atoms with van der Waals surface area (Å²) in [5.41, 5.74) is 3.32. The van der Waals surface area contributed by atoms with Crippen molar-refractivity contribution in [3.63, 3.8) is 0 Å². The second kappa shape index (κ2) is 7.80. The van der Waals surface area contributed by atoms with Crippen LogP contribution in [0.25, 0.3) is 10.2 Å². The number of hydrogen-bond acceptors (Lipinski definition) is 5. The summed E-state index contributed by atoms with van der Waals surface area (Å²) < 4.78 is 11.9. The Labute approximate surface area is 162 Å². The average molecular weight is 386 g/mol. The van der Waals surface area contributed by atoms with E-state index in [0.29, 0.717) is 12.3 Å². The number of furan rings is 1. The smallest absolute Gasteiger partial charge is 0.295 e. The fraction of sp³-hybridized carbons (Fsp3) is 0.400. The number of rotatable bonds is 5. The Hall–Kier alpha value is -2.22. The molecule has 0 aliphatic carbocycles. The average Bonchev–Trinajstić information content (AvgIpc) is 3.32. The number of ether oxygens (including phenoxy) is 1. The zero-order valence-electron chi connectivity index (χ0n) is 15.7. The molecule has 3 heterocycles. The van der Waals surface area contributed by atoms with E-state index in [2.05, 4.69) is 26.0 Å². The number of fused-ring (bicyclic) bond motifs is 1. The molecule has 0 bridgehead atoms. The molecule has 1 amide bonds. The molecule has 0 saturated carbocycles. The molecule has 1 aliphatic heterocycles. The molecule has 1 N–H and O–H groups in total. The molecule has 1 aliphatic rings. The Morgan fingerprint density at radius 2 is 2.11 bits per heavy atom. The summed E-state index contributed by atoms with van der Waals surface area (Å²) in [6, 6.07) is 7.68. The number of benzene rings is 1. The van der Waals surface area contributed by atoms with Crippen LogP contribution >= 0.6 is 11.3 Å². The molecule has 1 saturated heterocycles. The van der Waals surface area contributed by atoms with Crippen LogP contribution in [0.5, 0.6) is 0 Å². The largest absolute Gasteiger partial charge is 0.459 e. The first-order valence-corrected chi connectivity index (χ1v) is 10.1. The van der Waals surface area contributed by atoms with E-state index in [9.17, 15) is 4.79 Å². The zero-order chi connectivity index (χ0) is 18.8. The molecule has 3 aromatic rings. The van der Waals surface area contributed by atoms with Gasteiger partial charge in [-0.25, -0.2) is 4.98 Å². The predicted octanol–water partition coefficient (Wildman–Crippen LogP) is 2.07. The zero-order valence-corrected chi connectivity index (χ0v) is 16.5. The van der Waals surface area contributed by atoms with Crippen LogP contribution in [0.4, 0.5) is 5.13 Å². The third-order valence-corrected chi connectivity index (χ3v) is 6.14. The fourth-order valence-corrected chi connectivity index (χ4v) is 4.52. The number of nitrogens with zero attached hydrogens (tertiary/aromatic N) is 2. The van der Waals surface area contributed by atoms with E-state index in [1.54, 1.807) is 28.4 Å². The third kappa shape index (κ3) is 3.90. The molecule has 0 atom stereocenters. The van der Waals surface area contributed by atoms with Crippen LogP contribution in [0.15, 0.2) is 34.9 Å². The highest BCUT2D eigenvalue weighted by Crippen LogP contribution is 2.32. The molecular weight excluding hydrogens is 362 g/mol. The lowest BCUT2D eigenvalue weighted by molar-refractivity contribution is -0.906. The van der Waals surface area contributed by atoms with Gasteiger partial charge in [-0.3, -0.25) is 9.69 Å². The van der Waals surface area contributed by atoms with Crippen molar-refractivity contribution in [3.05, 3.63) is 47.4 Å². The van der Waals surface area contributed by atoms with Crippen LogP contribution in [0.3, 0.4) is 0 Å². The van der Waals surface area contributed by atoms with Crippen molar-refractivity contribution in [2.75, 3.05) is 44.3 Å². The predicted molar refractivity (Wildman–Crippen MR) is 106 cm³/mol. The van der Waals surface area contributed by atoms with E-state index < -0.39 is 0 Å². The topological polar surface area (TPSA) is 60.0 Å². The molecule has 7 heteroatoms. The first-order valence-electron chi connectivity index (χ1n) is 9.26. The number of morpholine rings is 1. The van der Waals surface area contributed by atoms with E-state index in [0.717, 1.165) is 48.2 Å². The Kier molecular flexibility index (Phi) is 5.24. The highest BCUT2D eigenvalue weighted by atomic mass is 32.1. The van der Waals surface area contributed by atoms with Gasteiger partial charge in [0.05, 0.1) is 42.8 Å². The Balaban J connectivity index is 1.64. The Morgan fingerprint density at radius 1 is 1.30 bits per heavy atom. The molecule has 4 rings (SSSR count). The van der Waals surface area contributed by atoms with Crippen molar-refractivity contribution in [1.29, 1.82) is 0 Å². The van der Waals surface area contributed by atoms with Crippen molar-refractivity contribution in [2.45, 2.75) is 13.8 Å². The summed E-state index contributed by atoms with van der Waals surface area (Å²) in [5, 5.41) is 0.729. The van der Waals surface area contributed by atoms with Gasteiger partial charge in [0, 0.05) is 0 Å². The van der Waals surface area contributed by atoms with Gasteiger partial charge in [-0.2, -0.15) is 0 Å². The maximum absolute atomic E-state index is 13.1. The maximum atomic E-state index is 13.1. The van der Waals surface area contributed by atoms with Crippen LogP contribution in [0, 0.1) is 13.8 Å². The summed E-state index contributed by atoms with van der Waals surface area (Å²) in [6.07, 6.45) is 1.53. The molecule has 0 radical (unpaired) electrons. The summed E-state index contributed by atoms with van der Waals surface area (Å²) in [5.74, 6) is 0.209. The molecule has 0 unspecified atom stereocenters. The third-order valence-electron chi connectivity index (χ3n) is 4.91.